The van der Waals surface area contributed by atoms with Gasteiger partial charge in [-0.3, -0.25) is 4.79 Å². The van der Waals surface area contributed by atoms with Crippen molar-refractivity contribution in [2.45, 2.75) is 37.6 Å². The van der Waals surface area contributed by atoms with Crippen LogP contribution in [0.5, 0.6) is 0 Å². The van der Waals surface area contributed by atoms with Crippen LogP contribution < -0.4 is 5.73 Å². The second kappa shape index (κ2) is 6.63. The van der Waals surface area contributed by atoms with E-state index in [0.29, 0.717) is 32.0 Å². The molecule has 138 valence electrons. The molecule has 7 nitrogen and oxygen atoms in total. The predicted octanol–water partition coefficient (Wildman–Crippen LogP) is 1.82. The number of fused-ring (bicyclic) bond motifs is 1. The molecule has 2 saturated heterocycles. The fraction of sp³-hybridized carbons (Fsp3) is 0.526. The normalized spacial score (nSPS) is 21.5. The lowest BCUT2D eigenvalue weighted by molar-refractivity contribution is -0.136. The second-order valence-electron chi connectivity index (χ2n) is 7.31. The van der Waals surface area contributed by atoms with Crippen molar-refractivity contribution in [1.29, 1.82) is 0 Å². The van der Waals surface area contributed by atoms with Crippen molar-refractivity contribution < 1.29 is 9.59 Å². The molecule has 2 aromatic rings. The number of piperidine rings is 1. The summed E-state index contributed by atoms with van der Waals surface area (Å²) >= 11 is 0. The lowest BCUT2D eigenvalue weighted by Crippen LogP contribution is -2.51. The van der Waals surface area contributed by atoms with Crippen molar-refractivity contribution in [1.82, 2.24) is 19.4 Å². The van der Waals surface area contributed by atoms with E-state index < -0.39 is 6.03 Å². The van der Waals surface area contributed by atoms with Gasteiger partial charge < -0.3 is 20.1 Å². The third kappa shape index (κ3) is 2.81. The molecule has 0 radical (unpaired) electrons. The highest BCUT2D eigenvalue weighted by molar-refractivity contribution is 5.87. The average Bonchev–Trinajstić information content (AvgIpc) is 3.27. The van der Waals surface area contributed by atoms with E-state index in [2.05, 4.69) is 17.7 Å². The average molecular weight is 355 g/mol. The maximum atomic E-state index is 12.8. The smallest absolute Gasteiger partial charge is 0.315 e. The van der Waals surface area contributed by atoms with E-state index in [1.807, 2.05) is 23.1 Å². The number of rotatable bonds is 2. The molecular weight excluding hydrogens is 330 g/mol. The summed E-state index contributed by atoms with van der Waals surface area (Å²) < 4.78 is 2.17. The molecule has 2 fully saturated rings. The second-order valence-corrected chi connectivity index (χ2v) is 7.31. The van der Waals surface area contributed by atoms with Crippen LogP contribution in [0, 0.1) is 0 Å². The molecule has 4 rings (SSSR count). The number of primary amides is 1. The molecule has 1 atom stereocenters. The summed E-state index contributed by atoms with van der Waals surface area (Å²) in [5.41, 5.74) is 7.57. The number of imidazole rings is 1. The lowest BCUT2D eigenvalue weighted by Gasteiger charge is -2.35. The number of urea groups is 1. The number of nitrogens with two attached hydrogens (primary N) is 1. The molecule has 1 aromatic heterocycles. The molecule has 7 heteroatoms. The van der Waals surface area contributed by atoms with E-state index in [4.69, 9.17) is 10.7 Å². The molecule has 0 aliphatic carbocycles. The molecule has 3 heterocycles. The van der Waals surface area contributed by atoms with Crippen LogP contribution in [0.4, 0.5) is 4.79 Å². The van der Waals surface area contributed by atoms with Crippen molar-refractivity contribution in [3.63, 3.8) is 0 Å². The summed E-state index contributed by atoms with van der Waals surface area (Å²) in [5.74, 6) is 1.50. The Labute approximate surface area is 152 Å². The first-order chi connectivity index (χ1) is 12.6. The standard InChI is InChI=1S/C19H25N5O2/c1-22-15-6-3-2-5-14(15)21-17(22)13-8-11-23(12-9-13)18(25)16-7-4-10-24(16)19(20)26/h2-3,5-6,13,16H,4,7-12H2,1H3,(H2,20,26). The molecule has 2 N–H and O–H groups in total. The monoisotopic (exact) mass is 355 g/mol. The van der Waals surface area contributed by atoms with Gasteiger partial charge in [-0.05, 0) is 37.8 Å². The fourth-order valence-corrected chi connectivity index (χ4v) is 4.39. The van der Waals surface area contributed by atoms with Crippen molar-refractivity contribution in [3.8, 4) is 0 Å². The van der Waals surface area contributed by atoms with Gasteiger partial charge in [-0.2, -0.15) is 0 Å². The summed E-state index contributed by atoms with van der Waals surface area (Å²) in [5, 5.41) is 0. The molecule has 1 unspecified atom stereocenters. The van der Waals surface area contributed by atoms with E-state index in [1.54, 1.807) is 0 Å². The first kappa shape index (κ1) is 16.9. The summed E-state index contributed by atoms with van der Waals surface area (Å²) in [6, 6.07) is 7.29. The third-order valence-electron chi connectivity index (χ3n) is 5.81. The zero-order valence-corrected chi connectivity index (χ0v) is 15.1. The minimum Gasteiger partial charge on any atom is -0.351 e. The van der Waals surface area contributed by atoms with E-state index in [1.165, 1.54) is 4.90 Å². The zero-order valence-electron chi connectivity index (χ0n) is 15.1. The zero-order chi connectivity index (χ0) is 18.3. The van der Waals surface area contributed by atoms with E-state index in [-0.39, 0.29) is 11.9 Å². The maximum Gasteiger partial charge on any atom is 0.315 e. The van der Waals surface area contributed by atoms with Gasteiger partial charge in [-0.1, -0.05) is 12.1 Å². The molecule has 2 aliphatic rings. The summed E-state index contributed by atoms with van der Waals surface area (Å²) in [4.78, 5) is 32.6. The molecule has 2 aliphatic heterocycles. The van der Waals surface area contributed by atoms with Crippen LogP contribution >= 0.6 is 0 Å². The quantitative estimate of drug-likeness (QED) is 0.892. The van der Waals surface area contributed by atoms with Crippen LogP contribution in [0.25, 0.3) is 11.0 Å². The van der Waals surface area contributed by atoms with Gasteiger partial charge in [0.2, 0.25) is 5.91 Å². The number of hydrogen-bond donors (Lipinski definition) is 1. The number of likely N-dealkylation sites (tertiary alicyclic amines) is 2. The van der Waals surface area contributed by atoms with Gasteiger partial charge >= 0.3 is 6.03 Å². The van der Waals surface area contributed by atoms with Gasteiger partial charge in [-0.15, -0.1) is 0 Å². The summed E-state index contributed by atoms with van der Waals surface area (Å²) in [6.45, 7) is 1.99. The number of para-hydroxylation sites is 2. The van der Waals surface area contributed by atoms with Gasteiger partial charge in [0, 0.05) is 32.6 Å². The van der Waals surface area contributed by atoms with E-state index in [0.717, 1.165) is 36.1 Å². The van der Waals surface area contributed by atoms with Crippen molar-refractivity contribution in [2.24, 2.45) is 12.8 Å². The van der Waals surface area contributed by atoms with Gasteiger partial charge in [-0.25, -0.2) is 9.78 Å². The van der Waals surface area contributed by atoms with Crippen LogP contribution in [0.15, 0.2) is 24.3 Å². The van der Waals surface area contributed by atoms with Crippen molar-refractivity contribution in [2.75, 3.05) is 19.6 Å². The van der Waals surface area contributed by atoms with Crippen molar-refractivity contribution >= 4 is 23.0 Å². The number of aromatic nitrogens is 2. The van der Waals surface area contributed by atoms with E-state index >= 15 is 0 Å². The lowest BCUT2D eigenvalue weighted by atomic mass is 9.95. The number of aryl methyl sites for hydroxylation is 1. The molecule has 1 aromatic carbocycles. The molecular formula is C19H25N5O2. The Morgan fingerprint density at radius 3 is 2.54 bits per heavy atom. The SMILES string of the molecule is Cn1c(C2CCN(C(=O)C3CCCN3C(N)=O)CC2)nc2ccccc21. The number of hydrogen-bond acceptors (Lipinski definition) is 3. The van der Waals surface area contributed by atoms with Crippen molar-refractivity contribution in [3.05, 3.63) is 30.1 Å². The Kier molecular flexibility index (Phi) is 4.30. The molecule has 0 saturated carbocycles. The highest BCUT2D eigenvalue weighted by Gasteiger charge is 2.37. The van der Waals surface area contributed by atoms with Gasteiger partial charge in [0.15, 0.2) is 0 Å². The van der Waals surface area contributed by atoms with Gasteiger partial charge in [0.1, 0.15) is 11.9 Å². The van der Waals surface area contributed by atoms with Crippen LogP contribution in [0.3, 0.4) is 0 Å². The highest BCUT2D eigenvalue weighted by Crippen LogP contribution is 2.30. The van der Waals surface area contributed by atoms with Gasteiger partial charge in [0.05, 0.1) is 11.0 Å². The number of carbonyl (C=O) groups excluding carboxylic acids is 2. The predicted molar refractivity (Wildman–Crippen MR) is 98.6 cm³/mol. The Morgan fingerprint density at radius 2 is 1.85 bits per heavy atom. The van der Waals surface area contributed by atoms with Crippen LogP contribution in [-0.4, -0.2) is 57.0 Å². The minimum atomic E-state index is -0.490. The number of nitrogens with zero attached hydrogens (tertiary/aromatic N) is 4. The summed E-state index contributed by atoms with van der Waals surface area (Å²) in [6.07, 6.45) is 3.35. The topological polar surface area (TPSA) is 84.5 Å². The number of benzene rings is 1. The summed E-state index contributed by atoms with van der Waals surface area (Å²) in [7, 11) is 2.06. The van der Waals surface area contributed by atoms with Gasteiger partial charge in [0.25, 0.3) is 0 Å². The molecule has 0 spiro atoms. The number of carbonyl (C=O) groups is 2. The fourth-order valence-electron chi connectivity index (χ4n) is 4.39. The highest BCUT2D eigenvalue weighted by atomic mass is 16.2. The molecule has 3 amide bonds. The maximum absolute atomic E-state index is 12.8. The minimum absolute atomic E-state index is 0.0461. The Bertz CT molecular complexity index is 838. The third-order valence-corrected chi connectivity index (χ3v) is 5.81. The van der Waals surface area contributed by atoms with Crippen LogP contribution in [0.2, 0.25) is 0 Å². The first-order valence-electron chi connectivity index (χ1n) is 9.32. The molecule has 0 bridgehead atoms. The largest absolute Gasteiger partial charge is 0.351 e. The first-order valence-corrected chi connectivity index (χ1v) is 9.32. The number of amides is 3. The Hall–Kier alpha value is -2.57. The Morgan fingerprint density at radius 1 is 1.12 bits per heavy atom. The Balaban J connectivity index is 1.44. The van der Waals surface area contributed by atoms with Crippen LogP contribution in [-0.2, 0) is 11.8 Å². The van der Waals surface area contributed by atoms with E-state index in [9.17, 15) is 9.59 Å². The van der Waals surface area contributed by atoms with Crippen LogP contribution in [0.1, 0.15) is 37.4 Å². The molecule has 26 heavy (non-hydrogen) atoms.